The van der Waals surface area contributed by atoms with Gasteiger partial charge in [0.25, 0.3) is 0 Å². The van der Waals surface area contributed by atoms with E-state index in [-0.39, 0.29) is 58.6 Å². The van der Waals surface area contributed by atoms with E-state index in [0.29, 0.717) is 0 Å². The number of rotatable bonds is 0. The van der Waals surface area contributed by atoms with Gasteiger partial charge in [0.15, 0.2) is 0 Å². The van der Waals surface area contributed by atoms with Crippen LogP contribution in [0.3, 0.4) is 0 Å². The maximum Gasteiger partial charge on any atom is 0 e. The van der Waals surface area contributed by atoms with E-state index >= 15 is 0 Å². The molecule has 0 saturated heterocycles. The monoisotopic (exact) mass is 183 g/mol. The van der Waals surface area contributed by atoms with Gasteiger partial charge in [0, 0.05) is 51.2 Å². The Morgan fingerprint density at radius 2 is 1.00 bits per heavy atom. The molecule has 0 amide bonds. The van der Waals surface area contributed by atoms with Crippen molar-refractivity contribution in [2.24, 2.45) is 0 Å². The zero-order valence-electron chi connectivity index (χ0n) is 1.10. The van der Waals surface area contributed by atoms with E-state index < -0.39 is 0 Å². The summed E-state index contributed by atoms with van der Waals surface area (Å²) >= 11 is 0. The summed E-state index contributed by atoms with van der Waals surface area (Å²) in [6.07, 6.45) is 0. The minimum absolute atomic E-state index is 0. The Kier molecular flexibility index (Phi) is 283. The molecule has 31 valence electrons. The molecular formula is CH4CoCrFe. The van der Waals surface area contributed by atoms with Crippen molar-refractivity contribution in [1.29, 1.82) is 0 Å². The van der Waals surface area contributed by atoms with Crippen molar-refractivity contribution in [3.8, 4) is 0 Å². The molecule has 0 aliphatic carbocycles. The third-order valence-corrected chi connectivity index (χ3v) is 0. The van der Waals surface area contributed by atoms with Crippen LogP contribution in [-0.4, -0.2) is 0 Å². The first-order chi connectivity index (χ1) is 0. The second kappa shape index (κ2) is 23.8. The minimum Gasteiger partial charge on any atom is -0.0776 e. The van der Waals surface area contributed by atoms with E-state index in [4.69, 9.17) is 0 Å². The van der Waals surface area contributed by atoms with Crippen molar-refractivity contribution >= 4 is 0 Å². The smallest absolute Gasteiger partial charge is 0 e. The summed E-state index contributed by atoms with van der Waals surface area (Å²) in [5.41, 5.74) is 0. The van der Waals surface area contributed by atoms with Crippen molar-refractivity contribution in [1.82, 2.24) is 0 Å². The van der Waals surface area contributed by atoms with Crippen LogP contribution in [0.5, 0.6) is 0 Å². The van der Waals surface area contributed by atoms with Crippen LogP contribution in [-0.2, 0) is 51.2 Å². The maximum absolute atomic E-state index is 0. The maximum atomic E-state index is 0. The van der Waals surface area contributed by atoms with Crippen LogP contribution >= 0.6 is 0 Å². The molecule has 0 nitrogen and oxygen atoms in total. The van der Waals surface area contributed by atoms with Gasteiger partial charge in [-0.25, -0.2) is 0 Å². The molecule has 0 rings (SSSR count). The largest absolute Gasteiger partial charge is 0.0776 e. The van der Waals surface area contributed by atoms with Crippen LogP contribution in [0.4, 0.5) is 0 Å². The van der Waals surface area contributed by atoms with E-state index in [1.165, 1.54) is 0 Å². The average molecular weight is 183 g/mol. The predicted molar refractivity (Wildman–Crippen MR) is 6.73 cm³/mol. The van der Waals surface area contributed by atoms with Crippen molar-refractivity contribution in [3.05, 3.63) is 0 Å². The SMILES string of the molecule is C.[Co].[Cr].[Fe]. The van der Waals surface area contributed by atoms with Gasteiger partial charge in [-0.15, -0.1) is 0 Å². The summed E-state index contributed by atoms with van der Waals surface area (Å²) in [6.45, 7) is 0. The van der Waals surface area contributed by atoms with E-state index in [1.54, 1.807) is 0 Å². The number of hydrogen-bond donors (Lipinski definition) is 0. The minimum atomic E-state index is 0. The first kappa shape index (κ1) is 47.6. The standard InChI is InChI=1S/CH4.Co.Cr.Fe/h1H4;;;. The molecule has 0 saturated carbocycles. The normalized spacial score (nSPS) is 0. The van der Waals surface area contributed by atoms with Gasteiger partial charge < -0.3 is 0 Å². The zero-order chi connectivity index (χ0) is 0. The summed E-state index contributed by atoms with van der Waals surface area (Å²) < 4.78 is 0. The number of hydrogen-bond acceptors (Lipinski definition) is 0. The fraction of sp³-hybridized carbons (Fsp3) is 1.00. The molecule has 4 heavy (non-hydrogen) atoms. The van der Waals surface area contributed by atoms with Gasteiger partial charge in [0.05, 0.1) is 0 Å². The summed E-state index contributed by atoms with van der Waals surface area (Å²) in [4.78, 5) is 0. The molecule has 0 aromatic heterocycles. The first-order valence-corrected chi connectivity index (χ1v) is 0. The van der Waals surface area contributed by atoms with Crippen LogP contribution in [0.1, 0.15) is 7.43 Å². The predicted octanol–water partition coefficient (Wildman–Crippen LogP) is 0.629. The Morgan fingerprint density at radius 3 is 1.00 bits per heavy atom. The topological polar surface area (TPSA) is 0 Å². The molecule has 0 spiro atoms. The Hall–Kier alpha value is 1.56. The summed E-state index contributed by atoms with van der Waals surface area (Å²) in [5, 5.41) is 0. The van der Waals surface area contributed by atoms with Gasteiger partial charge in [-0.2, -0.15) is 0 Å². The van der Waals surface area contributed by atoms with Crippen LogP contribution in [0.25, 0.3) is 0 Å². The molecule has 0 N–H and O–H groups in total. The summed E-state index contributed by atoms with van der Waals surface area (Å²) in [6, 6.07) is 0. The van der Waals surface area contributed by atoms with Gasteiger partial charge >= 0.3 is 0 Å². The van der Waals surface area contributed by atoms with E-state index in [1.807, 2.05) is 0 Å². The second-order valence-corrected chi connectivity index (χ2v) is 0. The molecule has 0 atom stereocenters. The quantitative estimate of drug-likeness (QED) is 0.483. The van der Waals surface area contributed by atoms with Crippen LogP contribution in [0.2, 0.25) is 0 Å². The van der Waals surface area contributed by atoms with Gasteiger partial charge in [-0.3, -0.25) is 0 Å². The molecule has 3 heteroatoms. The average Bonchev–Trinajstić information content (AvgIpc) is 0. The molecule has 0 bridgehead atoms. The third-order valence-electron chi connectivity index (χ3n) is 0. The van der Waals surface area contributed by atoms with E-state index in [0.717, 1.165) is 0 Å². The fourth-order valence-corrected chi connectivity index (χ4v) is 0. The van der Waals surface area contributed by atoms with E-state index in [2.05, 4.69) is 0 Å². The molecule has 0 heterocycles. The van der Waals surface area contributed by atoms with E-state index in [9.17, 15) is 0 Å². The van der Waals surface area contributed by atoms with Crippen LogP contribution < -0.4 is 0 Å². The fourth-order valence-electron chi connectivity index (χ4n) is 0. The molecule has 0 unspecified atom stereocenters. The van der Waals surface area contributed by atoms with Gasteiger partial charge in [-0.05, 0) is 0 Å². The van der Waals surface area contributed by atoms with Gasteiger partial charge in [0.2, 0.25) is 0 Å². The summed E-state index contributed by atoms with van der Waals surface area (Å²) in [7, 11) is 0. The third kappa shape index (κ3) is 9.59. The van der Waals surface area contributed by atoms with Crippen LogP contribution in [0.15, 0.2) is 0 Å². The molecule has 1 radical (unpaired) electrons. The Balaban J connectivity index is 0. The molecule has 0 aromatic carbocycles. The Bertz CT molecular complexity index is 8.00. The van der Waals surface area contributed by atoms with Gasteiger partial charge in [-0.1, -0.05) is 7.43 Å². The summed E-state index contributed by atoms with van der Waals surface area (Å²) in [5.74, 6) is 0. The van der Waals surface area contributed by atoms with Crippen molar-refractivity contribution < 1.29 is 51.2 Å². The second-order valence-electron chi connectivity index (χ2n) is 0. The molecule has 0 aliphatic rings. The van der Waals surface area contributed by atoms with Crippen molar-refractivity contribution in [3.63, 3.8) is 0 Å². The van der Waals surface area contributed by atoms with Crippen molar-refractivity contribution in [2.75, 3.05) is 0 Å². The van der Waals surface area contributed by atoms with Crippen LogP contribution in [0, 0.1) is 0 Å². The molecule has 0 fully saturated rings. The Labute approximate surface area is 58.5 Å². The zero-order valence-corrected chi connectivity index (χ0v) is 4.52. The molecule has 0 aromatic rings. The molecule has 0 aliphatic heterocycles. The van der Waals surface area contributed by atoms with Gasteiger partial charge in [0.1, 0.15) is 0 Å². The molecular weight excluding hydrogens is 179 g/mol. The van der Waals surface area contributed by atoms with Crippen molar-refractivity contribution in [2.45, 2.75) is 7.43 Å². The first-order valence-electron chi connectivity index (χ1n) is 0. The Morgan fingerprint density at radius 1 is 1.00 bits per heavy atom.